The van der Waals surface area contributed by atoms with Gasteiger partial charge in [0.1, 0.15) is 0 Å². The number of ketones is 1. The van der Waals surface area contributed by atoms with Crippen LogP contribution in [0.25, 0.3) is 0 Å². The van der Waals surface area contributed by atoms with Crippen LogP contribution >= 0.6 is 27.5 Å². The number of hydrogen-bond acceptors (Lipinski definition) is 4. The molecule has 2 atom stereocenters. The number of dihydropyridines is 1. The van der Waals surface area contributed by atoms with Gasteiger partial charge in [0.05, 0.1) is 12.2 Å². The predicted octanol–water partition coefficient (Wildman–Crippen LogP) is 7.25. The largest absolute Gasteiger partial charge is 0.462 e. The maximum absolute atomic E-state index is 13.7. The first-order chi connectivity index (χ1) is 17.9. The molecule has 0 unspecified atom stereocenters. The third-order valence-corrected chi connectivity index (χ3v) is 7.78. The molecule has 0 saturated carbocycles. The van der Waals surface area contributed by atoms with Crippen molar-refractivity contribution in [2.24, 2.45) is 0 Å². The maximum Gasteiger partial charge on any atom is 0.336 e. The number of allylic oxidation sites excluding steroid dienone is 3. The highest BCUT2D eigenvalue weighted by Gasteiger charge is 2.41. The summed E-state index contributed by atoms with van der Waals surface area (Å²) in [5, 5.41) is 4.08. The Morgan fingerprint density at radius 1 is 1.00 bits per heavy atom. The van der Waals surface area contributed by atoms with Crippen molar-refractivity contribution in [2.75, 3.05) is 6.61 Å². The molecule has 0 radical (unpaired) electrons. The number of ether oxygens (including phenoxy) is 1. The van der Waals surface area contributed by atoms with Gasteiger partial charge < -0.3 is 10.1 Å². The predicted molar refractivity (Wildman–Crippen MR) is 149 cm³/mol. The number of rotatable bonds is 6. The van der Waals surface area contributed by atoms with Gasteiger partial charge in [0.15, 0.2) is 5.78 Å². The molecule has 5 rings (SSSR count). The Hall–Kier alpha value is -3.15. The molecule has 4 nitrogen and oxygen atoms in total. The molecule has 0 spiro atoms. The Kier molecular flexibility index (Phi) is 7.63. The highest BCUT2D eigenvalue weighted by atomic mass is 79.9. The molecule has 1 heterocycles. The summed E-state index contributed by atoms with van der Waals surface area (Å²) in [5.41, 5.74) is 5.81. The molecule has 2 aliphatic rings. The number of halogens is 2. The molecule has 0 fully saturated rings. The summed E-state index contributed by atoms with van der Waals surface area (Å²) in [7, 11) is 0. The highest BCUT2D eigenvalue weighted by molar-refractivity contribution is 9.10. The van der Waals surface area contributed by atoms with Gasteiger partial charge in [-0.15, -0.1) is 0 Å². The number of carbonyl (C=O) groups excluding carboxylic acids is 2. The van der Waals surface area contributed by atoms with Crippen molar-refractivity contribution in [3.05, 3.63) is 128 Å². The van der Waals surface area contributed by atoms with Gasteiger partial charge in [-0.3, -0.25) is 4.79 Å². The smallest absolute Gasteiger partial charge is 0.336 e. The third kappa shape index (κ3) is 5.58. The van der Waals surface area contributed by atoms with Crippen LogP contribution in [0, 0.1) is 0 Å². The van der Waals surface area contributed by atoms with E-state index < -0.39 is 11.9 Å². The zero-order valence-electron chi connectivity index (χ0n) is 20.5. The summed E-state index contributed by atoms with van der Waals surface area (Å²) < 4.78 is 6.65. The molecule has 1 N–H and O–H groups in total. The minimum Gasteiger partial charge on any atom is -0.462 e. The standard InChI is InChI=1S/C31H27BrClNO3/c1-19-28(31(36)37-15-14-20-6-3-2-4-7-20)29(22-8-5-9-24(32)16-22)30-26(34-19)17-23(18-27(30)35)21-10-12-25(33)13-11-21/h2-13,16,23,29,34H,14-15,17-18H2,1H3/t23-,29-/m0/s1. The zero-order valence-corrected chi connectivity index (χ0v) is 22.8. The lowest BCUT2D eigenvalue weighted by molar-refractivity contribution is -0.139. The van der Waals surface area contributed by atoms with Crippen molar-refractivity contribution < 1.29 is 14.3 Å². The Morgan fingerprint density at radius 2 is 1.76 bits per heavy atom. The fraction of sp³-hybridized carbons (Fsp3) is 0.226. The van der Waals surface area contributed by atoms with Crippen molar-refractivity contribution >= 4 is 39.3 Å². The average molecular weight is 577 g/mol. The number of hydrogen-bond donors (Lipinski definition) is 1. The van der Waals surface area contributed by atoms with E-state index in [0.717, 1.165) is 32.6 Å². The van der Waals surface area contributed by atoms with Crippen LogP contribution in [0.4, 0.5) is 0 Å². The van der Waals surface area contributed by atoms with Gasteiger partial charge in [-0.25, -0.2) is 4.79 Å². The van der Waals surface area contributed by atoms with Gasteiger partial charge in [0, 0.05) is 45.2 Å². The van der Waals surface area contributed by atoms with Gasteiger partial charge >= 0.3 is 5.97 Å². The summed E-state index contributed by atoms with van der Waals surface area (Å²) in [6.07, 6.45) is 1.69. The Bertz CT molecular complexity index is 1400. The fourth-order valence-electron chi connectivity index (χ4n) is 5.28. The van der Waals surface area contributed by atoms with Crippen LogP contribution < -0.4 is 5.32 Å². The SMILES string of the molecule is CC1=C(C(=O)OCCc2ccccc2)[C@H](c2cccc(Br)c2)C2=C(C[C@H](c3ccc(Cl)cc3)CC2=O)N1. The first-order valence-corrected chi connectivity index (χ1v) is 13.5. The third-order valence-electron chi connectivity index (χ3n) is 7.04. The summed E-state index contributed by atoms with van der Waals surface area (Å²) in [6, 6.07) is 25.4. The van der Waals surface area contributed by atoms with Gasteiger partial charge in [-0.05, 0) is 60.2 Å². The zero-order chi connectivity index (χ0) is 25.9. The second-order valence-corrected chi connectivity index (χ2v) is 10.8. The van der Waals surface area contributed by atoms with Gasteiger partial charge in [-0.2, -0.15) is 0 Å². The van der Waals surface area contributed by atoms with Crippen LogP contribution in [0.5, 0.6) is 0 Å². The van der Waals surface area contributed by atoms with Crippen molar-refractivity contribution in [1.82, 2.24) is 5.32 Å². The fourth-order valence-corrected chi connectivity index (χ4v) is 5.83. The number of nitrogens with one attached hydrogen (secondary N) is 1. The van der Waals surface area contributed by atoms with Crippen molar-refractivity contribution in [3.63, 3.8) is 0 Å². The molecule has 188 valence electrons. The van der Waals surface area contributed by atoms with E-state index in [2.05, 4.69) is 21.2 Å². The van der Waals surface area contributed by atoms with Crippen LogP contribution in [0.3, 0.4) is 0 Å². The van der Waals surface area contributed by atoms with Crippen LogP contribution in [0.15, 0.2) is 106 Å². The van der Waals surface area contributed by atoms with Gasteiger partial charge in [0.25, 0.3) is 0 Å². The molecule has 0 aromatic heterocycles. The Labute approximate surface area is 230 Å². The van der Waals surface area contributed by atoms with Crippen molar-refractivity contribution in [3.8, 4) is 0 Å². The topological polar surface area (TPSA) is 55.4 Å². The average Bonchev–Trinajstić information content (AvgIpc) is 2.88. The second kappa shape index (κ2) is 11.1. The van der Waals surface area contributed by atoms with Gasteiger partial charge in [0.2, 0.25) is 0 Å². The summed E-state index contributed by atoms with van der Waals surface area (Å²) in [5.74, 6) is -0.797. The normalized spacial score (nSPS) is 19.4. The van der Waals surface area contributed by atoms with Crippen LogP contribution in [-0.2, 0) is 20.7 Å². The maximum atomic E-state index is 13.7. The lowest BCUT2D eigenvalue weighted by Crippen LogP contribution is -2.36. The van der Waals surface area contributed by atoms with E-state index in [0.29, 0.717) is 35.4 Å². The number of Topliss-reactive ketones (excluding diaryl/α,β-unsaturated/α-hetero) is 1. The van der Waals surface area contributed by atoms with E-state index in [1.165, 1.54) is 0 Å². The minimum atomic E-state index is -0.489. The lowest BCUT2D eigenvalue weighted by Gasteiger charge is -2.36. The minimum absolute atomic E-state index is 0.0424. The summed E-state index contributed by atoms with van der Waals surface area (Å²) in [6.45, 7) is 2.16. The molecule has 3 aromatic carbocycles. The quantitative estimate of drug-likeness (QED) is 0.314. The van der Waals surface area contributed by atoms with Crippen LogP contribution in [0.2, 0.25) is 5.02 Å². The molecule has 6 heteroatoms. The second-order valence-electron chi connectivity index (χ2n) is 9.50. The number of esters is 1. The molecular formula is C31H27BrClNO3. The van der Waals surface area contributed by atoms with E-state index in [-0.39, 0.29) is 18.3 Å². The lowest BCUT2D eigenvalue weighted by atomic mass is 9.72. The van der Waals surface area contributed by atoms with E-state index in [4.69, 9.17) is 16.3 Å². The van der Waals surface area contributed by atoms with Crippen molar-refractivity contribution in [1.29, 1.82) is 0 Å². The van der Waals surface area contributed by atoms with E-state index >= 15 is 0 Å². The molecule has 0 amide bonds. The number of benzene rings is 3. The highest BCUT2D eigenvalue weighted by Crippen LogP contribution is 2.46. The molecule has 0 bridgehead atoms. The summed E-state index contributed by atoms with van der Waals surface area (Å²) in [4.78, 5) is 27.2. The van der Waals surface area contributed by atoms with Crippen molar-refractivity contribution in [2.45, 2.75) is 38.0 Å². The van der Waals surface area contributed by atoms with Gasteiger partial charge in [-0.1, -0.05) is 82.1 Å². The Balaban J connectivity index is 1.46. The number of carbonyl (C=O) groups is 2. The molecule has 37 heavy (non-hydrogen) atoms. The summed E-state index contributed by atoms with van der Waals surface area (Å²) >= 11 is 9.64. The first kappa shape index (κ1) is 25.5. The Morgan fingerprint density at radius 3 is 2.49 bits per heavy atom. The molecule has 0 saturated heterocycles. The van der Waals surface area contributed by atoms with E-state index in [1.54, 1.807) is 0 Å². The molecular weight excluding hydrogens is 550 g/mol. The van der Waals surface area contributed by atoms with E-state index in [9.17, 15) is 9.59 Å². The van der Waals surface area contributed by atoms with Crippen LogP contribution in [-0.4, -0.2) is 18.4 Å². The first-order valence-electron chi connectivity index (χ1n) is 12.4. The van der Waals surface area contributed by atoms with E-state index in [1.807, 2.05) is 85.8 Å². The molecule has 1 aliphatic carbocycles. The monoisotopic (exact) mass is 575 g/mol. The van der Waals surface area contributed by atoms with Crippen LogP contribution in [0.1, 0.15) is 48.3 Å². The molecule has 3 aromatic rings. The molecule has 1 aliphatic heterocycles.